The van der Waals surface area contributed by atoms with E-state index in [4.69, 9.17) is 9.84 Å². The van der Waals surface area contributed by atoms with E-state index in [0.29, 0.717) is 13.0 Å². The summed E-state index contributed by atoms with van der Waals surface area (Å²) in [6.07, 6.45) is 3.07. The minimum absolute atomic E-state index is 0.0262. The zero-order valence-electron chi connectivity index (χ0n) is 10.0. The van der Waals surface area contributed by atoms with Gasteiger partial charge in [0.15, 0.2) is 0 Å². The van der Waals surface area contributed by atoms with Crippen LogP contribution in [-0.4, -0.2) is 29.4 Å². The maximum Gasteiger partial charge on any atom is 0.341 e. The fourth-order valence-electron chi connectivity index (χ4n) is 1.75. The van der Waals surface area contributed by atoms with Crippen molar-refractivity contribution in [3.8, 4) is 0 Å². The topological polar surface area (TPSA) is 68.5 Å². The maximum absolute atomic E-state index is 11.9. The van der Waals surface area contributed by atoms with Crippen molar-refractivity contribution in [1.82, 2.24) is 4.57 Å². The molecule has 0 aliphatic heterocycles. The van der Waals surface area contributed by atoms with Gasteiger partial charge in [-0.15, -0.1) is 0 Å². The normalized spacial score (nSPS) is 12.4. The predicted molar refractivity (Wildman–Crippen MR) is 63.5 cm³/mol. The van der Waals surface area contributed by atoms with Crippen LogP contribution in [0.3, 0.4) is 0 Å². The third-order valence-corrected chi connectivity index (χ3v) is 2.72. The molecule has 1 heterocycles. The van der Waals surface area contributed by atoms with E-state index in [2.05, 4.69) is 0 Å². The number of hydrogen-bond acceptors (Lipinski definition) is 3. The van der Waals surface area contributed by atoms with E-state index < -0.39 is 11.5 Å². The summed E-state index contributed by atoms with van der Waals surface area (Å²) in [5.41, 5.74) is -0.647. The highest BCUT2D eigenvalue weighted by Crippen LogP contribution is 2.13. The lowest BCUT2D eigenvalue weighted by atomic mass is 10.1. The van der Waals surface area contributed by atoms with E-state index in [1.807, 2.05) is 6.92 Å². The highest BCUT2D eigenvalue weighted by atomic mass is 16.5. The van der Waals surface area contributed by atoms with E-state index in [9.17, 15) is 9.59 Å². The molecule has 94 valence electrons. The summed E-state index contributed by atoms with van der Waals surface area (Å²) in [6.45, 7) is 2.50. The molecule has 0 bridgehead atoms. The van der Waals surface area contributed by atoms with Crippen molar-refractivity contribution in [2.45, 2.75) is 25.8 Å². The molecular weight excluding hydrogens is 222 g/mol. The zero-order valence-corrected chi connectivity index (χ0v) is 10.0. The minimum Gasteiger partial charge on any atom is -0.477 e. The largest absolute Gasteiger partial charge is 0.477 e. The molecule has 0 amide bonds. The highest BCUT2D eigenvalue weighted by Gasteiger charge is 2.15. The second-order valence-corrected chi connectivity index (χ2v) is 3.78. The summed E-state index contributed by atoms with van der Waals surface area (Å²) in [7, 11) is 1.60. The molecule has 0 spiro atoms. The summed E-state index contributed by atoms with van der Waals surface area (Å²) >= 11 is 0. The Morgan fingerprint density at radius 1 is 1.59 bits per heavy atom. The first-order chi connectivity index (χ1) is 8.11. The second-order valence-electron chi connectivity index (χ2n) is 3.78. The van der Waals surface area contributed by atoms with E-state index >= 15 is 0 Å². The third kappa shape index (κ3) is 3.17. The predicted octanol–water partition coefficient (Wildman–Crippen LogP) is 1.53. The van der Waals surface area contributed by atoms with Crippen LogP contribution in [0.25, 0.3) is 0 Å². The van der Waals surface area contributed by atoms with Crippen LogP contribution in [0.5, 0.6) is 0 Å². The molecule has 1 atom stereocenters. The van der Waals surface area contributed by atoms with E-state index in [0.717, 1.165) is 6.42 Å². The van der Waals surface area contributed by atoms with Crippen molar-refractivity contribution >= 4 is 5.97 Å². The molecule has 0 aliphatic rings. The first-order valence-electron chi connectivity index (χ1n) is 5.55. The summed E-state index contributed by atoms with van der Waals surface area (Å²) < 4.78 is 6.46. The number of ether oxygens (including phenoxy) is 1. The number of nitrogens with zero attached hydrogens (tertiary/aromatic N) is 1. The van der Waals surface area contributed by atoms with Crippen LogP contribution >= 0.6 is 0 Å². The molecule has 0 saturated carbocycles. The van der Waals surface area contributed by atoms with Gasteiger partial charge in [-0.05, 0) is 25.0 Å². The molecule has 5 nitrogen and oxygen atoms in total. The van der Waals surface area contributed by atoms with E-state index in [1.165, 1.54) is 10.6 Å². The first-order valence-corrected chi connectivity index (χ1v) is 5.55. The van der Waals surface area contributed by atoms with Gasteiger partial charge in [0.25, 0.3) is 5.56 Å². The molecule has 0 radical (unpaired) electrons. The number of rotatable bonds is 6. The van der Waals surface area contributed by atoms with Crippen molar-refractivity contribution in [2.75, 3.05) is 13.7 Å². The molecule has 0 aliphatic carbocycles. The van der Waals surface area contributed by atoms with Crippen LogP contribution in [0.15, 0.2) is 23.1 Å². The average molecular weight is 239 g/mol. The summed E-state index contributed by atoms with van der Waals surface area (Å²) in [4.78, 5) is 22.8. The number of hydrogen-bond donors (Lipinski definition) is 1. The van der Waals surface area contributed by atoms with Crippen molar-refractivity contribution in [3.63, 3.8) is 0 Å². The average Bonchev–Trinajstić information content (AvgIpc) is 2.31. The van der Waals surface area contributed by atoms with Crippen LogP contribution in [0.4, 0.5) is 0 Å². The fraction of sp³-hybridized carbons (Fsp3) is 0.500. The SMILES string of the molecule is CCC(CCOC)n1cccc(C(=O)O)c1=O. The van der Waals surface area contributed by atoms with Crippen LogP contribution < -0.4 is 5.56 Å². The molecule has 0 fully saturated rings. The van der Waals surface area contributed by atoms with Gasteiger partial charge in [-0.1, -0.05) is 6.92 Å². The van der Waals surface area contributed by atoms with Crippen molar-refractivity contribution < 1.29 is 14.6 Å². The third-order valence-electron chi connectivity index (χ3n) is 2.72. The standard InChI is InChI=1S/C12H17NO4/c1-3-9(6-8-17-2)13-7-4-5-10(11(13)14)12(15)16/h4-5,7,9H,3,6,8H2,1-2H3,(H,15,16). The van der Waals surface area contributed by atoms with Crippen LogP contribution in [-0.2, 0) is 4.74 Å². The maximum atomic E-state index is 11.9. The van der Waals surface area contributed by atoms with Gasteiger partial charge in [0.05, 0.1) is 0 Å². The molecule has 0 aromatic carbocycles. The quantitative estimate of drug-likeness (QED) is 0.817. The molecule has 5 heteroatoms. The van der Waals surface area contributed by atoms with Gasteiger partial charge in [-0.2, -0.15) is 0 Å². The number of carbonyl (C=O) groups is 1. The van der Waals surface area contributed by atoms with E-state index in [-0.39, 0.29) is 11.6 Å². The van der Waals surface area contributed by atoms with Crippen molar-refractivity contribution in [3.05, 3.63) is 34.2 Å². The number of pyridine rings is 1. The Labute approximate surface area is 99.6 Å². The van der Waals surface area contributed by atoms with Gasteiger partial charge >= 0.3 is 5.97 Å². The Morgan fingerprint density at radius 2 is 2.29 bits per heavy atom. The van der Waals surface area contributed by atoms with Crippen LogP contribution in [0.2, 0.25) is 0 Å². The number of carboxylic acid groups (broad SMARTS) is 1. The van der Waals surface area contributed by atoms with Crippen LogP contribution in [0, 0.1) is 0 Å². The summed E-state index contributed by atoms with van der Waals surface area (Å²) in [5, 5.41) is 8.88. The Morgan fingerprint density at radius 3 is 2.82 bits per heavy atom. The Hall–Kier alpha value is -1.62. The molecular formula is C12H17NO4. The van der Waals surface area contributed by atoms with Gasteiger partial charge in [0.2, 0.25) is 0 Å². The molecule has 0 saturated heterocycles. The Balaban J connectivity index is 3.07. The van der Waals surface area contributed by atoms with Gasteiger partial charge < -0.3 is 14.4 Å². The zero-order chi connectivity index (χ0) is 12.8. The molecule has 17 heavy (non-hydrogen) atoms. The number of carboxylic acids is 1. The molecule has 1 N–H and O–H groups in total. The molecule has 1 aromatic heterocycles. The molecule has 1 rings (SSSR count). The number of aromatic nitrogens is 1. The molecule has 1 aromatic rings. The van der Waals surface area contributed by atoms with Crippen molar-refractivity contribution in [1.29, 1.82) is 0 Å². The minimum atomic E-state index is -1.19. The summed E-state index contributed by atoms with van der Waals surface area (Å²) in [5.74, 6) is -1.19. The van der Waals surface area contributed by atoms with Crippen LogP contribution in [0.1, 0.15) is 36.2 Å². The monoisotopic (exact) mass is 239 g/mol. The smallest absolute Gasteiger partial charge is 0.341 e. The summed E-state index contributed by atoms with van der Waals surface area (Å²) in [6, 6.07) is 2.88. The highest BCUT2D eigenvalue weighted by molar-refractivity contribution is 5.86. The lowest BCUT2D eigenvalue weighted by Gasteiger charge is -2.18. The van der Waals surface area contributed by atoms with Gasteiger partial charge in [0.1, 0.15) is 5.56 Å². The molecule has 1 unspecified atom stereocenters. The van der Waals surface area contributed by atoms with Crippen molar-refractivity contribution in [2.24, 2.45) is 0 Å². The van der Waals surface area contributed by atoms with Gasteiger partial charge in [0, 0.05) is 26.0 Å². The van der Waals surface area contributed by atoms with Gasteiger partial charge in [-0.25, -0.2) is 4.79 Å². The number of methoxy groups -OCH3 is 1. The lowest BCUT2D eigenvalue weighted by molar-refractivity contribution is 0.0694. The first kappa shape index (κ1) is 13.4. The fourth-order valence-corrected chi connectivity index (χ4v) is 1.75. The second kappa shape index (κ2) is 6.20. The number of aromatic carboxylic acids is 1. The Kier molecular flexibility index (Phi) is 4.90. The lowest BCUT2D eigenvalue weighted by Crippen LogP contribution is -2.29. The Bertz CT molecular complexity index is 438. The van der Waals surface area contributed by atoms with Gasteiger partial charge in [-0.3, -0.25) is 4.79 Å². The van der Waals surface area contributed by atoms with E-state index in [1.54, 1.807) is 19.4 Å².